The number of hydrogen-bond donors (Lipinski definition) is 0. The van der Waals surface area contributed by atoms with Crippen LogP contribution in [0.5, 0.6) is 5.75 Å². The van der Waals surface area contributed by atoms with E-state index in [9.17, 15) is 9.18 Å². The quantitative estimate of drug-likeness (QED) is 0.873. The lowest BCUT2D eigenvalue weighted by atomic mass is 10.2. The Kier molecular flexibility index (Phi) is 3.81. The molecule has 0 bridgehead atoms. The van der Waals surface area contributed by atoms with Gasteiger partial charge in [0, 0.05) is 16.7 Å². The van der Waals surface area contributed by atoms with Crippen LogP contribution in [-0.2, 0) is 6.54 Å². The predicted molar refractivity (Wildman–Crippen MR) is 70.5 cm³/mol. The van der Waals surface area contributed by atoms with Crippen LogP contribution in [0.4, 0.5) is 4.39 Å². The van der Waals surface area contributed by atoms with Gasteiger partial charge in [-0.1, -0.05) is 6.07 Å². The molecule has 0 atom stereocenters. The second-order valence-corrected chi connectivity index (χ2v) is 4.70. The molecule has 0 spiro atoms. The Hall–Kier alpha value is -1.62. The lowest BCUT2D eigenvalue weighted by Crippen LogP contribution is -2.18. The van der Waals surface area contributed by atoms with Gasteiger partial charge in [-0.05, 0) is 39.7 Å². The van der Waals surface area contributed by atoms with Crippen LogP contribution in [0, 0.1) is 5.82 Å². The minimum atomic E-state index is -0.432. The lowest BCUT2D eigenvalue weighted by Gasteiger charge is -2.08. The second-order valence-electron chi connectivity index (χ2n) is 3.78. The number of rotatable bonds is 3. The SMILES string of the molecule is COc1ccc(Cn2cc(Br)ccc2=O)cc1F. The number of pyridine rings is 1. The lowest BCUT2D eigenvalue weighted by molar-refractivity contribution is 0.386. The minimum Gasteiger partial charge on any atom is -0.494 e. The van der Waals surface area contributed by atoms with E-state index in [0.29, 0.717) is 12.1 Å². The molecule has 1 aromatic heterocycles. The Morgan fingerprint density at radius 1 is 1.33 bits per heavy atom. The summed E-state index contributed by atoms with van der Waals surface area (Å²) in [6.45, 7) is 0.319. The van der Waals surface area contributed by atoms with E-state index in [0.717, 1.165) is 4.47 Å². The highest BCUT2D eigenvalue weighted by molar-refractivity contribution is 9.10. The third kappa shape index (κ3) is 2.79. The first-order valence-electron chi connectivity index (χ1n) is 5.28. The Morgan fingerprint density at radius 3 is 2.78 bits per heavy atom. The van der Waals surface area contributed by atoms with Crippen molar-refractivity contribution in [1.29, 1.82) is 0 Å². The molecular weight excluding hydrogens is 301 g/mol. The van der Waals surface area contributed by atoms with Gasteiger partial charge in [0.25, 0.3) is 5.56 Å². The predicted octanol–water partition coefficient (Wildman–Crippen LogP) is 2.81. The Bertz CT molecular complexity index is 625. The fraction of sp³-hybridized carbons (Fsp3) is 0.154. The van der Waals surface area contributed by atoms with E-state index < -0.39 is 5.82 Å². The number of nitrogens with zero attached hydrogens (tertiary/aromatic N) is 1. The van der Waals surface area contributed by atoms with Crippen molar-refractivity contribution in [1.82, 2.24) is 4.57 Å². The molecule has 5 heteroatoms. The van der Waals surface area contributed by atoms with E-state index in [-0.39, 0.29) is 11.3 Å². The van der Waals surface area contributed by atoms with Gasteiger partial charge in [-0.25, -0.2) is 4.39 Å². The van der Waals surface area contributed by atoms with Gasteiger partial charge in [0.15, 0.2) is 11.6 Å². The first-order chi connectivity index (χ1) is 8.60. The number of methoxy groups -OCH3 is 1. The maximum Gasteiger partial charge on any atom is 0.250 e. The van der Waals surface area contributed by atoms with Crippen LogP contribution in [0.3, 0.4) is 0 Å². The largest absolute Gasteiger partial charge is 0.494 e. The van der Waals surface area contributed by atoms with Gasteiger partial charge in [0.05, 0.1) is 13.7 Å². The van der Waals surface area contributed by atoms with Crippen LogP contribution in [-0.4, -0.2) is 11.7 Å². The van der Waals surface area contributed by atoms with Crippen LogP contribution in [0.2, 0.25) is 0 Å². The number of aromatic nitrogens is 1. The third-order valence-electron chi connectivity index (χ3n) is 2.52. The molecule has 2 rings (SSSR count). The molecule has 1 heterocycles. The molecule has 0 N–H and O–H groups in total. The summed E-state index contributed by atoms with van der Waals surface area (Å²) in [5.41, 5.74) is 0.572. The molecule has 1 aromatic carbocycles. The number of halogens is 2. The molecule has 0 aliphatic carbocycles. The van der Waals surface area contributed by atoms with E-state index in [4.69, 9.17) is 4.74 Å². The maximum absolute atomic E-state index is 13.5. The first kappa shape index (κ1) is 12.8. The number of ether oxygens (including phenoxy) is 1. The average Bonchev–Trinajstić information content (AvgIpc) is 2.34. The fourth-order valence-corrected chi connectivity index (χ4v) is 2.01. The van der Waals surface area contributed by atoms with Gasteiger partial charge in [-0.2, -0.15) is 0 Å². The van der Waals surface area contributed by atoms with Crippen molar-refractivity contribution in [2.24, 2.45) is 0 Å². The molecule has 0 aliphatic rings. The summed E-state index contributed by atoms with van der Waals surface area (Å²) in [7, 11) is 1.41. The second kappa shape index (κ2) is 5.35. The third-order valence-corrected chi connectivity index (χ3v) is 2.99. The van der Waals surface area contributed by atoms with Crippen molar-refractivity contribution in [2.45, 2.75) is 6.54 Å². The number of hydrogen-bond acceptors (Lipinski definition) is 2. The summed E-state index contributed by atoms with van der Waals surface area (Å²) in [6, 6.07) is 7.78. The molecule has 0 radical (unpaired) electrons. The molecule has 3 nitrogen and oxygen atoms in total. The van der Waals surface area contributed by atoms with Crippen molar-refractivity contribution in [3.63, 3.8) is 0 Å². The summed E-state index contributed by atoms with van der Waals surface area (Å²) < 4.78 is 20.7. The highest BCUT2D eigenvalue weighted by Crippen LogP contribution is 2.18. The molecule has 0 fully saturated rings. The maximum atomic E-state index is 13.5. The van der Waals surface area contributed by atoms with E-state index in [1.54, 1.807) is 24.4 Å². The average molecular weight is 312 g/mol. The van der Waals surface area contributed by atoms with Crippen molar-refractivity contribution < 1.29 is 9.13 Å². The van der Waals surface area contributed by atoms with Crippen LogP contribution in [0.25, 0.3) is 0 Å². The molecule has 18 heavy (non-hydrogen) atoms. The molecule has 0 saturated carbocycles. The summed E-state index contributed by atoms with van der Waals surface area (Å²) in [4.78, 5) is 11.6. The van der Waals surface area contributed by atoms with Crippen LogP contribution in [0.15, 0.2) is 45.8 Å². The van der Waals surface area contributed by atoms with E-state index in [1.165, 1.54) is 23.8 Å². The summed E-state index contributed by atoms with van der Waals surface area (Å²) in [6.07, 6.45) is 1.67. The molecule has 0 saturated heterocycles. The van der Waals surface area contributed by atoms with Crippen molar-refractivity contribution in [3.8, 4) is 5.75 Å². The smallest absolute Gasteiger partial charge is 0.250 e. The molecule has 0 aliphatic heterocycles. The van der Waals surface area contributed by atoms with Crippen LogP contribution in [0.1, 0.15) is 5.56 Å². The van der Waals surface area contributed by atoms with Gasteiger partial charge < -0.3 is 9.30 Å². The zero-order valence-electron chi connectivity index (χ0n) is 9.69. The fourth-order valence-electron chi connectivity index (χ4n) is 1.63. The zero-order valence-corrected chi connectivity index (χ0v) is 11.3. The van der Waals surface area contributed by atoms with E-state index in [1.807, 2.05) is 0 Å². The van der Waals surface area contributed by atoms with Gasteiger partial charge in [-0.15, -0.1) is 0 Å². The summed E-state index contributed by atoms with van der Waals surface area (Å²) in [5, 5.41) is 0. The summed E-state index contributed by atoms with van der Waals surface area (Å²) >= 11 is 3.29. The van der Waals surface area contributed by atoms with Gasteiger partial charge in [0.2, 0.25) is 0 Å². The standard InChI is InChI=1S/C13H11BrFNO2/c1-18-12-4-2-9(6-11(12)15)7-16-8-10(14)3-5-13(16)17/h2-6,8H,7H2,1H3. The zero-order chi connectivity index (χ0) is 13.1. The van der Waals surface area contributed by atoms with Gasteiger partial charge >= 0.3 is 0 Å². The van der Waals surface area contributed by atoms with Gasteiger partial charge in [-0.3, -0.25) is 4.79 Å². The molecule has 0 amide bonds. The Morgan fingerprint density at radius 2 is 2.11 bits per heavy atom. The van der Waals surface area contributed by atoms with E-state index >= 15 is 0 Å². The van der Waals surface area contributed by atoms with Crippen molar-refractivity contribution in [2.75, 3.05) is 7.11 Å². The highest BCUT2D eigenvalue weighted by atomic mass is 79.9. The minimum absolute atomic E-state index is 0.130. The Balaban J connectivity index is 2.31. The molecule has 0 unspecified atom stereocenters. The molecule has 2 aromatic rings. The van der Waals surface area contributed by atoms with Crippen LogP contribution >= 0.6 is 15.9 Å². The van der Waals surface area contributed by atoms with Crippen molar-refractivity contribution >= 4 is 15.9 Å². The topological polar surface area (TPSA) is 31.2 Å². The van der Waals surface area contributed by atoms with Crippen LogP contribution < -0.4 is 10.3 Å². The number of benzene rings is 1. The van der Waals surface area contributed by atoms with E-state index in [2.05, 4.69) is 15.9 Å². The van der Waals surface area contributed by atoms with Gasteiger partial charge in [0.1, 0.15) is 0 Å². The summed E-state index contributed by atoms with van der Waals surface area (Å²) in [5.74, 6) is -0.238. The molecule has 94 valence electrons. The normalized spacial score (nSPS) is 10.4. The Labute approximate surface area is 112 Å². The van der Waals surface area contributed by atoms with Crippen molar-refractivity contribution in [3.05, 3.63) is 62.7 Å². The molecular formula is C13H11BrFNO2. The highest BCUT2D eigenvalue weighted by Gasteiger charge is 2.05. The first-order valence-corrected chi connectivity index (χ1v) is 6.08. The monoisotopic (exact) mass is 311 g/mol.